The molecule has 2 aromatic rings. The zero-order chi connectivity index (χ0) is 13.6. The molecule has 2 aromatic heterocycles. The number of hydrogen-bond acceptors (Lipinski definition) is 3. The van der Waals surface area contributed by atoms with Gasteiger partial charge in [-0.1, -0.05) is 6.07 Å². The number of aryl methyl sites for hydroxylation is 1. The molecule has 1 fully saturated rings. The molecule has 0 saturated heterocycles. The summed E-state index contributed by atoms with van der Waals surface area (Å²) in [5, 5.41) is 2.72. The Morgan fingerprint density at radius 1 is 1.53 bits per heavy atom. The number of imidazole rings is 1. The number of hydrogen-bond donors (Lipinski definition) is 2. The Morgan fingerprint density at radius 2 is 2.32 bits per heavy atom. The molecule has 2 heterocycles. The highest BCUT2D eigenvalue weighted by Gasteiger charge is 2.30. The van der Waals surface area contributed by atoms with Crippen LogP contribution in [0.4, 0.5) is 4.39 Å². The number of nitrogens with zero attached hydrogens (tertiary/aromatic N) is 2. The Hall–Kier alpha value is -1.95. The summed E-state index contributed by atoms with van der Waals surface area (Å²) in [6, 6.07) is 5.10. The SMILES string of the molecule is Cc1cccc2nc(C(=O)N[C@H]3CC[C@H]3N)c(F)n12. The number of halogens is 1. The van der Waals surface area contributed by atoms with Crippen LogP contribution in [0.5, 0.6) is 0 Å². The summed E-state index contributed by atoms with van der Waals surface area (Å²) in [6.45, 7) is 1.77. The third kappa shape index (κ3) is 1.88. The third-order valence-corrected chi connectivity index (χ3v) is 3.64. The number of fused-ring (bicyclic) bond motifs is 1. The van der Waals surface area contributed by atoms with Crippen molar-refractivity contribution in [3.8, 4) is 0 Å². The molecule has 0 spiro atoms. The van der Waals surface area contributed by atoms with E-state index in [2.05, 4.69) is 10.3 Å². The zero-order valence-corrected chi connectivity index (χ0v) is 10.6. The predicted octanol–water partition coefficient (Wildman–Crippen LogP) is 1.00. The standard InChI is InChI=1S/C13H15FN4O/c1-7-3-2-4-10-17-11(12(14)18(7)10)13(19)16-9-6-5-8(9)15/h2-4,8-9H,5-6,15H2,1H3,(H,16,19)/t8-,9+/m1/s1. The predicted molar refractivity (Wildman–Crippen MR) is 68.4 cm³/mol. The first-order chi connectivity index (χ1) is 9.08. The first-order valence-electron chi connectivity index (χ1n) is 6.28. The van der Waals surface area contributed by atoms with Gasteiger partial charge in [0.2, 0.25) is 5.95 Å². The van der Waals surface area contributed by atoms with E-state index in [1.165, 1.54) is 4.40 Å². The van der Waals surface area contributed by atoms with E-state index in [0.717, 1.165) is 12.8 Å². The second kappa shape index (κ2) is 4.31. The molecule has 2 atom stereocenters. The van der Waals surface area contributed by atoms with E-state index in [-0.39, 0.29) is 17.8 Å². The van der Waals surface area contributed by atoms with Crippen LogP contribution in [0, 0.1) is 12.9 Å². The van der Waals surface area contributed by atoms with Crippen LogP contribution in [-0.4, -0.2) is 27.4 Å². The minimum Gasteiger partial charge on any atom is -0.346 e. The van der Waals surface area contributed by atoms with Gasteiger partial charge in [-0.3, -0.25) is 9.20 Å². The summed E-state index contributed by atoms with van der Waals surface area (Å²) >= 11 is 0. The molecular weight excluding hydrogens is 247 g/mol. The molecule has 3 rings (SSSR count). The number of pyridine rings is 1. The summed E-state index contributed by atoms with van der Waals surface area (Å²) in [5.41, 5.74) is 6.71. The fourth-order valence-electron chi connectivity index (χ4n) is 2.30. The molecule has 0 bridgehead atoms. The number of nitrogens with one attached hydrogen (secondary N) is 1. The molecule has 3 N–H and O–H groups in total. The lowest BCUT2D eigenvalue weighted by atomic mass is 9.87. The summed E-state index contributed by atoms with van der Waals surface area (Å²) in [6.07, 6.45) is 1.72. The van der Waals surface area contributed by atoms with Gasteiger partial charge in [0.25, 0.3) is 5.91 Å². The first-order valence-corrected chi connectivity index (χ1v) is 6.28. The van der Waals surface area contributed by atoms with Crippen LogP contribution in [0.2, 0.25) is 0 Å². The van der Waals surface area contributed by atoms with Gasteiger partial charge in [0, 0.05) is 17.8 Å². The van der Waals surface area contributed by atoms with E-state index >= 15 is 0 Å². The maximum absolute atomic E-state index is 14.2. The van der Waals surface area contributed by atoms with Crippen molar-refractivity contribution >= 4 is 11.6 Å². The molecule has 1 aliphatic rings. The molecule has 0 aromatic carbocycles. The Bertz CT molecular complexity index is 651. The molecule has 6 heteroatoms. The smallest absolute Gasteiger partial charge is 0.274 e. The van der Waals surface area contributed by atoms with E-state index in [4.69, 9.17) is 5.73 Å². The van der Waals surface area contributed by atoms with Crippen molar-refractivity contribution in [2.24, 2.45) is 5.73 Å². The second-order valence-electron chi connectivity index (χ2n) is 4.93. The minimum absolute atomic E-state index is 0.0363. The number of rotatable bonds is 2. The lowest BCUT2D eigenvalue weighted by Crippen LogP contribution is -2.54. The molecule has 5 nitrogen and oxygen atoms in total. The quantitative estimate of drug-likeness (QED) is 0.848. The largest absolute Gasteiger partial charge is 0.346 e. The normalized spacial score (nSPS) is 22.3. The van der Waals surface area contributed by atoms with Crippen LogP contribution in [0.25, 0.3) is 5.65 Å². The van der Waals surface area contributed by atoms with Crippen molar-refractivity contribution in [3.05, 3.63) is 35.5 Å². The summed E-state index contributed by atoms with van der Waals surface area (Å²) in [7, 11) is 0. The highest BCUT2D eigenvalue weighted by Crippen LogP contribution is 2.19. The van der Waals surface area contributed by atoms with Gasteiger partial charge < -0.3 is 11.1 Å². The Balaban J connectivity index is 1.94. The van der Waals surface area contributed by atoms with E-state index in [9.17, 15) is 9.18 Å². The first kappa shape index (κ1) is 12.1. The minimum atomic E-state index is -0.626. The molecule has 0 aliphatic heterocycles. The molecular formula is C13H15FN4O. The van der Waals surface area contributed by atoms with Crippen LogP contribution < -0.4 is 11.1 Å². The average molecular weight is 262 g/mol. The zero-order valence-electron chi connectivity index (χ0n) is 10.6. The Labute approximate surface area is 109 Å². The molecule has 1 amide bonds. The van der Waals surface area contributed by atoms with Gasteiger partial charge in [-0.15, -0.1) is 0 Å². The van der Waals surface area contributed by atoms with Crippen LogP contribution >= 0.6 is 0 Å². The molecule has 1 saturated carbocycles. The summed E-state index contributed by atoms with van der Waals surface area (Å²) < 4.78 is 15.5. The van der Waals surface area contributed by atoms with Crippen molar-refractivity contribution in [1.82, 2.24) is 14.7 Å². The summed E-state index contributed by atoms with van der Waals surface area (Å²) in [4.78, 5) is 16.1. The Kier molecular flexibility index (Phi) is 2.74. The van der Waals surface area contributed by atoms with Crippen LogP contribution in [0.15, 0.2) is 18.2 Å². The lowest BCUT2D eigenvalue weighted by molar-refractivity contribution is 0.0896. The second-order valence-corrected chi connectivity index (χ2v) is 4.93. The van der Waals surface area contributed by atoms with Crippen LogP contribution in [-0.2, 0) is 0 Å². The van der Waals surface area contributed by atoms with Gasteiger partial charge in [0.15, 0.2) is 5.69 Å². The molecule has 19 heavy (non-hydrogen) atoms. The lowest BCUT2D eigenvalue weighted by Gasteiger charge is -2.33. The molecule has 0 radical (unpaired) electrons. The van der Waals surface area contributed by atoms with Gasteiger partial charge >= 0.3 is 0 Å². The van der Waals surface area contributed by atoms with Gasteiger partial charge in [0.05, 0.1) is 0 Å². The highest BCUT2D eigenvalue weighted by atomic mass is 19.1. The number of aromatic nitrogens is 2. The average Bonchev–Trinajstić information content (AvgIpc) is 2.73. The van der Waals surface area contributed by atoms with E-state index in [1.54, 1.807) is 25.1 Å². The topological polar surface area (TPSA) is 72.4 Å². The highest BCUT2D eigenvalue weighted by molar-refractivity contribution is 5.93. The van der Waals surface area contributed by atoms with Gasteiger partial charge in [-0.25, -0.2) is 4.98 Å². The number of nitrogens with two attached hydrogens (primary N) is 1. The maximum atomic E-state index is 14.2. The third-order valence-electron chi connectivity index (χ3n) is 3.64. The van der Waals surface area contributed by atoms with Crippen molar-refractivity contribution in [3.63, 3.8) is 0 Å². The van der Waals surface area contributed by atoms with Crippen molar-refractivity contribution < 1.29 is 9.18 Å². The number of amides is 1. The summed E-state index contributed by atoms with van der Waals surface area (Å²) in [5.74, 6) is -1.13. The van der Waals surface area contributed by atoms with E-state index in [0.29, 0.717) is 11.3 Å². The fraction of sp³-hybridized carbons (Fsp3) is 0.385. The van der Waals surface area contributed by atoms with E-state index < -0.39 is 11.9 Å². The molecule has 100 valence electrons. The fourth-order valence-corrected chi connectivity index (χ4v) is 2.30. The van der Waals surface area contributed by atoms with Crippen molar-refractivity contribution in [2.75, 3.05) is 0 Å². The van der Waals surface area contributed by atoms with Crippen LogP contribution in [0.3, 0.4) is 0 Å². The maximum Gasteiger partial charge on any atom is 0.274 e. The Morgan fingerprint density at radius 3 is 2.89 bits per heavy atom. The van der Waals surface area contributed by atoms with Crippen molar-refractivity contribution in [2.45, 2.75) is 31.8 Å². The van der Waals surface area contributed by atoms with E-state index in [1.807, 2.05) is 0 Å². The number of carbonyl (C=O) groups is 1. The van der Waals surface area contributed by atoms with Gasteiger partial charge in [-0.2, -0.15) is 4.39 Å². The number of carbonyl (C=O) groups excluding carboxylic acids is 1. The van der Waals surface area contributed by atoms with Gasteiger partial charge in [-0.05, 0) is 31.9 Å². The van der Waals surface area contributed by atoms with Crippen LogP contribution in [0.1, 0.15) is 29.0 Å². The molecule has 0 unspecified atom stereocenters. The van der Waals surface area contributed by atoms with Gasteiger partial charge in [0.1, 0.15) is 5.65 Å². The monoisotopic (exact) mass is 262 g/mol. The van der Waals surface area contributed by atoms with Crippen molar-refractivity contribution in [1.29, 1.82) is 0 Å². The molecule has 1 aliphatic carbocycles.